The van der Waals surface area contributed by atoms with Gasteiger partial charge in [0.05, 0.1) is 28.3 Å². The lowest BCUT2D eigenvalue weighted by molar-refractivity contribution is -0.132. The highest BCUT2D eigenvalue weighted by Crippen LogP contribution is 2.39. The molecule has 0 N–H and O–H groups in total. The molecule has 2 aromatic heterocycles. The second-order valence-electron chi connectivity index (χ2n) is 8.99. The van der Waals surface area contributed by atoms with E-state index in [1.165, 1.54) is 0 Å². The van der Waals surface area contributed by atoms with Crippen LogP contribution in [0.25, 0.3) is 33.1 Å². The van der Waals surface area contributed by atoms with Crippen LogP contribution in [0.3, 0.4) is 0 Å². The number of para-hydroxylation sites is 1. The van der Waals surface area contributed by atoms with Gasteiger partial charge in [0.25, 0.3) is 0 Å². The van der Waals surface area contributed by atoms with Crippen molar-refractivity contribution in [3.05, 3.63) is 102 Å². The second kappa shape index (κ2) is 8.96. The van der Waals surface area contributed by atoms with Crippen molar-refractivity contribution in [1.29, 1.82) is 0 Å². The fourth-order valence-electron chi connectivity index (χ4n) is 5.09. The molecule has 0 spiro atoms. The summed E-state index contributed by atoms with van der Waals surface area (Å²) in [5.41, 5.74) is 8.56. The van der Waals surface area contributed by atoms with Crippen LogP contribution in [0.2, 0.25) is 0 Å². The minimum atomic E-state index is -0.214. The maximum atomic E-state index is 13.1. The molecule has 176 valence electrons. The van der Waals surface area contributed by atoms with Gasteiger partial charge in [-0.15, -0.1) is 0 Å². The molecule has 6 rings (SSSR count). The zero-order valence-electron chi connectivity index (χ0n) is 20.2. The van der Waals surface area contributed by atoms with Gasteiger partial charge < -0.3 is 0 Å². The van der Waals surface area contributed by atoms with Gasteiger partial charge >= 0.3 is 0 Å². The molecule has 1 aliphatic rings. The fourth-order valence-corrected chi connectivity index (χ4v) is 5.09. The Kier molecular flexibility index (Phi) is 5.49. The first kappa shape index (κ1) is 22.0. The van der Waals surface area contributed by atoms with Gasteiger partial charge in [-0.05, 0) is 36.2 Å². The second-order valence-corrected chi connectivity index (χ2v) is 8.99. The van der Waals surface area contributed by atoms with Gasteiger partial charge in [0.2, 0.25) is 5.91 Å². The van der Waals surface area contributed by atoms with Crippen molar-refractivity contribution in [1.82, 2.24) is 20.0 Å². The standard InChI is InChI=1S/C30H25N5O/c1-3-28(36)35-27(21-13-14-24-25(17-21)32-16-15-31-24)18-26(34-35)29-19(2)33-23-12-8-7-11-22(23)30(29)20-9-5-4-6-10-20/h4-17,27H,3,18H2,1-2H3. The molecule has 6 heteroatoms. The summed E-state index contributed by atoms with van der Waals surface area (Å²) in [7, 11) is 0. The van der Waals surface area contributed by atoms with Crippen LogP contribution in [-0.4, -0.2) is 31.6 Å². The van der Waals surface area contributed by atoms with Crippen LogP contribution in [-0.2, 0) is 4.79 Å². The Morgan fingerprint density at radius 2 is 1.64 bits per heavy atom. The number of carbonyl (C=O) groups is 1. The highest BCUT2D eigenvalue weighted by Gasteiger charge is 2.34. The molecule has 0 saturated heterocycles. The number of aromatic nitrogens is 3. The van der Waals surface area contributed by atoms with E-state index in [1.807, 2.05) is 68.4 Å². The molecule has 3 heterocycles. The van der Waals surface area contributed by atoms with E-state index in [-0.39, 0.29) is 11.9 Å². The van der Waals surface area contributed by atoms with Crippen molar-refractivity contribution in [2.24, 2.45) is 5.10 Å². The van der Waals surface area contributed by atoms with Crippen LogP contribution < -0.4 is 0 Å². The third-order valence-corrected chi connectivity index (χ3v) is 6.77. The summed E-state index contributed by atoms with van der Waals surface area (Å²) >= 11 is 0. The Morgan fingerprint density at radius 3 is 2.44 bits per heavy atom. The summed E-state index contributed by atoms with van der Waals surface area (Å²) in [6.45, 7) is 3.90. The number of aryl methyl sites for hydroxylation is 1. The minimum absolute atomic E-state index is 0.0121. The number of nitrogens with zero attached hydrogens (tertiary/aromatic N) is 5. The average Bonchev–Trinajstić information content (AvgIpc) is 3.37. The average molecular weight is 472 g/mol. The zero-order chi connectivity index (χ0) is 24.6. The largest absolute Gasteiger partial charge is 0.273 e. The third-order valence-electron chi connectivity index (χ3n) is 6.77. The molecule has 0 aliphatic carbocycles. The van der Waals surface area contributed by atoms with Crippen LogP contribution in [0.1, 0.15) is 42.6 Å². The summed E-state index contributed by atoms with van der Waals surface area (Å²) in [5.74, 6) is -0.0121. The van der Waals surface area contributed by atoms with Crippen molar-refractivity contribution in [3.63, 3.8) is 0 Å². The topological polar surface area (TPSA) is 71.3 Å². The number of hydrazone groups is 1. The molecule has 1 aliphatic heterocycles. The molecule has 0 bridgehead atoms. The van der Waals surface area contributed by atoms with E-state index in [2.05, 4.69) is 28.2 Å². The molecule has 5 aromatic rings. The maximum absolute atomic E-state index is 13.1. The van der Waals surface area contributed by atoms with Crippen LogP contribution in [0.15, 0.2) is 90.3 Å². The van der Waals surface area contributed by atoms with Gasteiger partial charge in [0.15, 0.2) is 0 Å². The van der Waals surface area contributed by atoms with E-state index in [4.69, 9.17) is 10.1 Å². The Labute approximate surface area is 209 Å². The summed E-state index contributed by atoms with van der Waals surface area (Å²) in [6, 6.07) is 24.3. The molecule has 1 atom stereocenters. The van der Waals surface area contributed by atoms with Gasteiger partial charge in [-0.1, -0.05) is 61.5 Å². The number of hydrogen-bond donors (Lipinski definition) is 0. The van der Waals surface area contributed by atoms with Crippen molar-refractivity contribution in [2.45, 2.75) is 32.7 Å². The van der Waals surface area contributed by atoms with Crippen LogP contribution >= 0.6 is 0 Å². The predicted octanol–water partition coefficient (Wildman–Crippen LogP) is 6.24. The van der Waals surface area contributed by atoms with Crippen LogP contribution in [0, 0.1) is 6.92 Å². The van der Waals surface area contributed by atoms with Crippen molar-refractivity contribution < 1.29 is 4.79 Å². The Bertz CT molecular complexity index is 1640. The number of amides is 1. The number of pyridine rings is 1. The first-order valence-corrected chi connectivity index (χ1v) is 12.2. The predicted molar refractivity (Wildman–Crippen MR) is 142 cm³/mol. The number of benzene rings is 3. The lowest BCUT2D eigenvalue weighted by Crippen LogP contribution is -2.26. The van der Waals surface area contributed by atoms with Gasteiger partial charge in [-0.3, -0.25) is 19.7 Å². The lowest BCUT2D eigenvalue weighted by atomic mass is 9.89. The summed E-state index contributed by atoms with van der Waals surface area (Å²) in [4.78, 5) is 26.9. The summed E-state index contributed by atoms with van der Waals surface area (Å²) < 4.78 is 0. The van der Waals surface area contributed by atoms with Gasteiger partial charge in [0, 0.05) is 47.4 Å². The summed E-state index contributed by atoms with van der Waals surface area (Å²) in [6.07, 6.45) is 4.35. The summed E-state index contributed by atoms with van der Waals surface area (Å²) in [5, 5.41) is 7.67. The number of fused-ring (bicyclic) bond motifs is 2. The molecule has 3 aromatic carbocycles. The fraction of sp³-hybridized carbons (Fsp3) is 0.167. The van der Waals surface area contributed by atoms with Crippen molar-refractivity contribution in [2.75, 3.05) is 0 Å². The van der Waals surface area contributed by atoms with Gasteiger partial charge in [-0.25, -0.2) is 5.01 Å². The van der Waals surface area contributed by atoms with E-state index in [0.717, 1.165) is 55.6 Å². The van der Waals surface area contributed by atoms with Gasteiger partial charge in [0.1, 0.15) is 0 Å². The van der Waals surface area contributed by atoms with Crippen LogP contribution in [0.5, 0.6) is 0 Å². The van der Waals surface area contributed by atoms with E-state index in [9.17, 15) is 4.79 Å². The number of hydrogen-bond acceptors (Lipinski definition) is 5. The number of carbonyl (C=O) groups excluding carboxylic acids is 1. The van der Waals surface area contributed by atoms with Gasteiger partial charge in [-0.2, -0.15) is 5.10 Å². The highest BCUT2D eigenvalue weighted by atomic mass is 16.2. The molecule has 1 amide bonds. The van der Waals surface area contributed by atoms with E-state index in [1.54, 1.807) is 17.4 Å². The maximum Gasteiger partial charge on any atom is 0.242 e. The molecule has 0 fully saturated rings. The molecule has 0 saturated carbocycles. The molecule has 1 unspecified atom stereocenters. The van der Waals surface area contributed by atoms with E-state index in [0.29, 0.717) is 12.8 Å². The Balaban J connectivity index is 1.53. The molecule has 6 nitrogen and oxygen atoms in total. The smallest absolute Gasteiger partial charge is 0.242 e. The molecule has 36 heavy (non-hydrogen) atoms. The van der Waals surface area contributed by atoms with Crippen molar-refractivity contribution in [3.8, 4) is 11.1 Å². The monoisotopic (exact) mass is 471 g/mol. The minimum Gasteiger partial charge on any atom is -0.273 e. The Morgan fingerprint density at radius 1 is 0.889 bits per heavy atom. The lowest BCUT2D eigenvalue weighted by Gasteiger charge is -2.21. The first-order valence-electron chi connectivity index (χ1n) is 12.2. The molecular weight excluding hydrogens is 446 g/mol. The van der Waals surface area contributed by atoms with Crippen molar-refractivity contribution >= 4 is 33.6 Å². The normalized spacial score (nSPS) is 15.4. The quantitative estimate of drug-likeness (QED) is 0.311. The SMILES string of the molecule is CCC(=O)N1N=C(c2c(C)nc3ccccc3c2-c2ccccc2)CC1c1ccc2nccnc2c1. The van der Waals surface area contributed by atoms with Crippen LogP contribution in [0.4, 0.5) is 0 Å². The number of rotatable bonds is 4. The highest BCUT2D eigenvalue weighted by molar-refractivity contribution is 6.14. The third kappa shape index (κ3) is 3.71. The Hall–Kier alpha value is -4.45. The molecule has 0 radical (unpaired) electrons. The first-order chi connectivity index (χ1) is 17.6. The zero-order valence-corrected chi connectivity index (χ0v) is 20.2. The van der Waals surface area contributed by atoms with E-state index >= 15 is 0 Å². The molecular formula is C30H25N5O. The van der Waals surface area contributed by atoms with E-state index < -0.39 is 0 Å².